The quantitative estimate of drug-likeness (QED) is 0.876. The van der Waals surface area contributed by atoms with Crippen LogP contribution >= 0.6 is 11.3 Å². The van der Waals surface area contributed by atoms with Crippen LogP contribution in [-0.2, 0) is 0 Å². The molecule has 2 aromatic heterocycles. The minimum absolute atomic E-state index is 0.0765. The highest BCUT2D eigenvalue weighted by molar-refractivity contribution is 7.13. The van der Waals surface area contributed by atoms with E-state index in [1.165, 1.54) is 10.7 Å². The van der Waals surface area contributed by atoms with E-state index in [2.05, 4.69) is 5.10 Å². The lowest BCUT2D eigenvalue weighted by molar-refractivity contribution is 0.477. The molecule has 0 aromatic carbocycles. The molecule has 0 unspecified atom stereocenters. The van der Waals surface area contributed by atoms with Crippen molar-refractivity contribution in [1.82, 2.24) is 9.78 Å². The molecule has 0 aliphatic heterocycles. The van der Waals surface area contributed by atoms with Crippen LogP contribution in [0.3, 0.4) is 0 Å². The van der Waals surface area contributed by atoms with Crippen molar-refractivity contribution in [3.05, 3.63) is 40.0 Å². The summed E-state index contributed by atoms with van der Waals surface area (Å²) < 4.78 is 1.44. The Bertz CT molecular complexity index is 518. The molecule has 0 amide bonds. The van der Waals surface area contributed by atoms with Gasteiger partial charge in [0, 0.05) is 12.6 Å². The summed E-state index contributed by atoms with van der Waals surface area (Å²) in [5.41, 5.74) is 6.25. The van der Waals surface area contributed by atoms with Crippen LogP contribution in [0.1, 0.15) is 13.0 Å². The van der Waals surface area contributed by atoms with Gasteiger partial charge in [-0.15, -0.1) is 11.3 Å². The van der Waals surface area contributed by atoms with Crippen LogP contribution in [0.5, 0.6) is 0 Å². The van der Waals surface area contributed by atoms with E-state index in [9.17, 15) is 4.79 Å². The summed E-state index contributed by atoms with van der Waals surface area (Å²) in [6.07, 6.45) is 0. The smallest absolute Gasteiger partial charge is 0.267 e. The highest BCUT2D eigenvalue weighted by Gasteiger charge is 2.08. The Morgan fingerprint density at radius 3 is 2.94 bits per heavy atom. The Morgan fingerprint density at radius 2 is 2.31 bits per heavy atom. The Morgan fingerprint density at radius 1 is 1.50 bits per heavy atom. The van der Waals surface area contributed by atoms with Crippen LogP contribution < -0.4 is 11.3 Å². The van der Waals surface area contributed by atoms with Crippen LogP contribution in [0.2, 0.25) is 0 Å². The molecular formula is C11H13N3OS. The van der Waals surface area contributed by atoms with Crippen molar-refractivity contribution in [2.75, 3.05) is 6.54 Å². The fraction of sp³-hybridized carbons (Fsp3) is 0.273. The molecule has 2 heterocycles. The molecule has 4 nitrogen and oxygen atoms in total. The van der Waals surface area contributed by atoms with Gasteiger partial charge in [-0.05, 0) is 24.4 Å². The van der Waals surface area contributed by atoms with Crippen LogP contribution in [0.15, 0.2) is 34.4 Å². The summed E-state index contributed by atoms with van der Waals surface area (Å²) >= 11 is 1.60. The zero-order chi connectivity index (χ0) is 11.5. The first kappa shape index (κ1) is 11.0. The lowest BCUT2D eigenvalue weighted by Gasteiger charge is -2.11. The number of hydrogen-bond acceptors (Lipinski definition) is 4. The average Bonchev–Trinajstić information content (AvgIpc) is 2.82. The number of rotatable bonds is 3. The van der Waals surface area contributed by atoms with Gasteiger partial charge < -0.3 is 5.73 Å². The van der Waals surface area contributed by atoms with E-state index in [1.807, 2.05) is 24.4 Å². The average molecular weight is 235 g/mol. The van der Waals surface area contributed by atoms with Gasteiger partial charge in [0.25, 0.3) is 5.56 Å². The minimum atomic E-state index is -0.113. The molecule has 0 aliphatic rings. The molecule has 2 aromatic rings. The molecule has 2 rings (SSSR count). The molecule has 0 radical (unpaired) electrons. The molecule has 0 fully saturated rings. The van der Waals surface area contributed by atoms with E-state index >= 15 is 0 Å². The van der Waals surface area contributed by atoms with Crippen molar-refractivity contribution in [3.63, 3.8) is 0 Å². The molecule has 5 heteroatoms. The maximum Gasteiger partial charge on any atom is 0.267 e. The summed E-state index contributed by atoms with van der Waals surface area (Å²) in [7, 11) is 0. The second kappa shape index (κ2) is 4.59. The molecular weight excluding hydrogens is 222 g/mol. The second-order valence-electron chi connectivity index (χ2n) is 3.56. The molecule has 16 heavy (non-hydrogen) atoms. The first-order chi connectivity index (χ1) is 7.72. The van der Waals surface area contributed by atoms with E-state index in [0.717, 1.165) is 10.6 Å². The van der Waals surface area contributed by atoms with Crippen LogP contribution in [0.4, 0.5) is 0 Å². The molecule has 84 valence electrons. The van der Waals surface area contributed by atoms with Gasteiger partial charge in [-0.1, -0.05) is 6.07 Å². The zero-order valence-electron chi connectivity index (χ0n) is 8.96. The van der Waals surface area contributed by atoms with Gasteiger partial charge in [-0.2, -0.15) is 5.10 Å². The van der Waals surface area contributed by atoms with Gasteiger partial charge in [0.2, 0.25) is 0 Å². The number of nitrogens with zero attached hydrogens (tertiary/aromatic N) is 2. The summed E-state index contributed by atoms with van der Waals surface area (Å²) in [4.78, 5) is 12.6. The van der Waals surface area contributed by atoms with Gasteiger partial charge in [-0.25, -0.2) is 4.68 Å². The zero-order valence-corrected chi connectivity index (χ0v) is 9.78. The van der Waals surface area contributed by atoms with Crippen LogP contribution in [0.25, 0.3) is 10.6 Å². The Kier molecular flexibility index (Phi) is 3.17. The number of nitrogens with two attached hydrogens (primary N) is 1. The highest BCUT2D eigenvalue weighted by Crippen LogP contribution is 2.21. The first-order valence-electron chi connectivity index (χ1n) is 5.06. The largest absolute Gasteiger partial charge is 0.328 e. The molecule has 0 saturated carbocycles. The fourth-order valence-corrected chi connectivity index (χ4v) is 2.09. The van der Waals surface area contributed by atoms with Crippen LogP contribution in [-0.4, -0.2) is 16.3 Å². The van der Waals surface area contributed by atoms with Gasteiger partial charge in [0.05, 0.1) is 10.9 Å². The van der Waals surface area contributed by atoms with Gasteiger partial charge in [0.15, 0.2) is 0 Å². The molecule has 0 bridgehead atoms. The second-order valence-corrected chi connectivity index (χ2v) is 4.51. The maximum absolute atomic E-state index is 11.6. The number of aromatic nitrogens is 2. The fourth-order valence-electron chi connectivity index (χ4n) is 1.40. The van der Waals surface area contributed by atoms with Gasteiger partial charge >= 0.3 is 0 Å². The van der Waals surface area contributed by atoms with E-state index in [1.54, 1.807) is 17.4 Å². The van der Waals surface area contributed by atoms with Crippen LogP contribution in [0, 0.1) is 0 Å². The van der Waals surface area contributed by atoms with Crippen molar-refractivity contribution < 1.29 is 0 Å². The molecule has 0 spiro atoms. The normalized spacial score (nSPS) is 12.6. The van der Waals surface area contributed by atoms with E-state index in [4.69, 9.17) is 5.73 Å². The Hall–Kier alpha value is -1.46. The highest BCUT2D eigenvalue weighted by atomic mass is 32.1. The predicted molar refractivity (Wildman–Crippen MR) is 65.6 cm³/mol. The summed E-state index contributed by atoms with van der Waals surface area (Å²) in [6.45, 7) is 2.29. The SMILES string of the molecule is C[C@H](CN)n1nc(-c2cccs2)ccc1=O. The maximum atomic E-state index is 11.6. The summed E-state index contributed by atoms with van der Waals surface area (Å²) in [5, 5.41) is 6.31. The van der Waals surface area contributed by atoms with Crippen molar-refractivity contribution in [2.45, 2.75) is 13.0 Å². The number of thiophene rings is 1. The monoisotopic (exact) mass is 235 g/mol. The molecule has 2 N–H and O–H groups in total. The minimum Gasteiger partial charge on any atom is -0.328 e. The third-order valence-corrected chi connectivity index (χ3v) is 3.25. The third-order valence-electron chi connectivity index (χ3n) is 2.36. The van der Waals surface area contributed by atoms with E-state index in [-0.39, 0.29) is 11.6 Å². The Balaban J connectivity index is 2.48. The molecule has 1 atom stereocenters. The van der Waals surface area contributed by atoms with Crippen molar-refractivity contribution in [2.24, 2.45) is 5.73 Å². The van der Waals surface area contributed by atoms with Crippen molar-refractivity contribution in [3.8, 4) is 10.6 Å². The van der Waals surface area contributed by atoms with Gasteiger partial charge in [-0.3, -0.25) is 4.79 Å². The molecule has 0 aliphatic carbocycles. The van der Waals surface area contributed by atoms with Crippen molar-refractivity contribution in [1.29, 1.82) is 0 Å². The topological polar surface area (TPSA) is 60.9 Å². The van der Waals surface area contributed by atoms with Crippen molar-refractivity contribution >= 4 is 11.3 Å². The lowest BCUT2D eigenvalue weighted by atomic mass is 10.3. The Labute approximate surface area is 97.3 Å². The number of hydrogen-bond donors (Lipinski definition) is 1. The standard InChI is InChI=1S/C11H13N3OS/c1-8(7-12)14-11(15)5-4-9(13-14)10-3-2-6-16-10/h2-6,8H,7,12H2,1H3/t8-/m1/s1. The molecule has 0 saturated heterocycles. The summed E-state index contributed by atoms with van der Waals surface area (Å²) in [6, 6.07) is 7.15. The predicted octanol–water partition coefficient (Wildman–Crippen LogP) is 1.49. The van der Waals surface area contributed by atoms with E-state index in [0.29, 0.717) is 6.54 Å². The lowest BCUT2D eigenvalue weighted by Crippen LogP contribution is -2.29. The van der Waals surface area contributed by atoms with Gasteiger partial charge in [0.1, 0.15) is 5.69 Å². The first-order valence-corrected chi connectivity index (χ1v) is 5.94. The third kappa shape index (κ3) is 2.05. The summed E-state index contributed by atoms with van der Waals surface area (Å²) in [5.74, 6) is 0. The van der Waals surface area contributed by atoms with E-state index < -0.39 is 0 Å².